The lowest BCUT2D eigenvalue weighted by atomic mass is 10.0. The summed E-state index contributed by atoms with van der Waals surface area (Å²) in [6.45, 7) is 2.28. The van der Waals surface area contributed by atoms with Gasteiger partial charge in [0.05, 0.1) is 26.6 Å². The van der Waals surface area contributed by atoms with Crippen molar-refractivity contribution in [3.05, 3.63) is 64.6 Å². The Morgan fingerprint density at radius 3 is 2.33 bits per heavy atom. The molecule has 0 spiro atoms. The molecule has 1 heterocycles. The Morgan fingerprint density at radius 2 is 1.61 bits per heavy atom. The first-order chi connectivity index (χ1) is 17.2. The van der Waals surface area contributed by atoms with E-state index in [1.54, 1.807) is 54.6 Å². The summed E-state index contributed by atoms with van der Waals surface area (Å²) in [4.78, 5) is 8.47. The number of benzene rings is 3. The second-order valence-electron chi connectivity index (χ2n) is 7.92. The predicted octanol–water partition coefficient (Wildman–Crippen LogP) is 5.41. The van der Waals surface area contributed by atoms with Gasteiger partial charge in [0.15, 0.2) is 9.84 Å². The Balaban J connectivity index is 1.49. The summed E-state index contributed by atoms with van der Waals surface area (Å²) < 4.78 is 36.0. The van der Waals surface area contributed by atoms with E-state index in [0.29, 0.717) is 50.0 Å². The Morgan fingerprint density at radius 1 is 0.889 bits per heavy atom. The molecule has 3 aromatic carbocycles. The van der Waals surface area contributed by atoms with Crippen LogP contribution in [0.5, 0.6) is 11.5 Å². The molecule has 1 aromatic heterocycles. The maximum Gasteiger partial charge on any atom is 0.222 e. The van der Waals surface area contributed by atoms with E-state index in [2.05, 4.69) is 9.97 Å². The third-order valence-electron chi connectivity index (χ3n) is 5.34. The summed E-state index contributed by atoms with van der Waals surface area (Å²) in [5.41, 5.74) is 13.6. The van der Waals surface area contributed by atoms with Crippen LogP contribution in [0.1, 0.15) is 13.3 Å². The molecular weight excluding hydrogens is 523 g/mol. The lowest BCUT2D eigenvalue weighted by molar-refractivity contribution is 0.217. The molecule has 4 rings (SSSR count). The van der Waals surface area contributed by atoms with Crippen molar-refractivity contribution in [3.63, 3.8) is 0 Å². The van der Waals surface area contributed by atoms with Crippen LogP contribution in [0, 0.1) is 0 Å². The normalized spacial score (nSPS) is 11.5. The summed E-state index contributed by atoms with van der Waals surface area (Å²) >= 11 is 13.0. The number of fused-ring (bicyclic) bond motifs is 1. The minimum absolute atomic E-state index is 0.0628. The fourth-order valence-corrected chi connectivity index (χ4v) is 5.57. The van der Waals surface area contributed by atoms with Crippen LogP contribution in [-0.4, -0.2) is 37.4 Å². The van der Waals surface area contributed by atoms with Gasteiger partial charge in [0.25, 0.3) is 0 Å². The van der Waals surface area contributed by atoms with Crippen LogP contribution in [0.15, 0.2) is 59.5 Å². The van der Waals surface area contributed by atoms with Crippen molar-refractivity contribution >= 4 is 55.7 Å². The summed E-state index contributed by atoms with van der Waals surface area (Å²) in [5.74, 6) is 1.43. The Bertz CT molecular complexity index is 1510. The number of nitrogen functional groups attached to an aromatic ring is 2. The first-order valence-corrected chi connectivity index (χ1v) is 13.5. The zero-order valence-corrected chi connectivity index (χ0v) is 21.7. The van der Waals surface area contributed by atoms with Crippen LogP contribution < -0.4 is 20.9 Å². The van der Waals surface area contributed by atoms with Crippen LogP contribution in [-0.2, 0) is 9.84 Å². The molecule has 4 aromatic rings. The van der Waals surface area contributed by atoms with E-state index >= 15 is 0 Å². The largest absolute Gasteiger partial charge is 0.490 e. The standard InChI is InChI=1S/C25H24Cl2N4O4S/c1-2-13-36(32,33)17-6-4-16(5-7-17)34-11-12-35-21-10-3-15(26)14-19(21)18-8-9-20-22(23(18)27)24(28)31-25(29)30-20/h3-10,14H,2,11-13H2,1H3,(H4,28,29,30,31). The van der Waals surface area contributed by atoms with Crippen LogP contribution >= 0.6 is 23.2 Å². The van der Waals surface area contributed by atoms with Gasteiger partial charge in [-0.3, -0.25) is 0 Å². The monoisotopic (exact) mass is 546 g/mol. The molecule has 0 saturated carbocycles. The maximum absolute atomic E-state index is 12.2. The van der Waals surface area contributed by atoms with Gasteiger partial charge in [0, 0.05) is 16.1 Å². The van der Waals surface area contributed by atoms with E-state index in [1.165, 1.54) is 0 Å². The molecular formula is C25H24Cl2N4O4S. The van der Waals surface area contributed by atoms with Gasteiger partial charge in [-0.25, -0.2) is 13.4 Å². The van der Waals surface area contributed by atoms with Gasteiger partial charge < -0.3 is 20.9 Å². The van der Waals surface area contributed by atoms with E-state index in [0.717, 1.165) is 0 Å². The highest BCUT2D eigenvalue weighted by Crippen LogP contribution is 2.41. The molecule has 0 aliphatic carbocycles. The number of halogens is 2. The predicted molar refractivity (Wildman–Crippen MR) is 144 cm³/mol. The first kappa shape index (κ1) is 25.8. The van der Waals surface area contributed by atoms with Crippen molar-refractivity contribution in [2.45, 2.75) is 18.2 Å². The van der Waals surface area contributed by atoms with Gasteiger partial charge in [-0.2, -0.15) is 4.98 Å². The topological polar surface area (TPSA) is 130 Å². The van der Waals surface area contributed by atoms with Crippen molar-refractivity contribution in [2.24, 2.45) is 0 Å². The average molecular weight is 547 g/mol. The minimum Gasteiger partial charge on any atom is -0.490 e. The molecule has 36 heavy (non-hydrogen) atoms. The first-order valence-electron chi connectivity index (χ1n) is 11.1. The van der Waals surface area contributed by atoms with Gasteiger partial charge >= 0.3 is 0 Å². The third-order valence-corrected chi connectivity index (χ3v) is 7.91. The molecule has 188 valence electrons. The lowest BCUT2D eigenvalue weighted by Crippen LogP contribution is -2.10. The number of nitrogens with zero attached hydrogens (tertiary/aromatic N) is 2. The molecule has 0 aliphatic heterocycles. The van der Waals surface area contributed by atoms with E-state index in [-0.39, 0.29) is 35.6 Å². The van der Waals surface area contributed by atoms with Crippen LogP contribution in [0.4, 0.5) is 11.8 Å². The zero-order chi connectivity index (χ0) is 25.9. The SMILES string of the molecule is CCCS(=O)(=O)c1ccc(OCCOc2ccc(Cl)cc2-c2ccc3nc(N)nc(N)c3c2Cl)cc1. The second-order valence-corrected chi connectivity index (χ2v) is 10.8. The number of aromatic nitrogens is 2. The fourth-order valence-electron chi connectivity index (χ4n) is 3.72. The Kier molecular flexibility index (Phi) is 7.73. The van der Waals surface area contributed by atoms with Crippen LogP contribution in [0.3, 0.4) is 0 Å². The Hall–Kier alpha value is -3.27. The summed E-state index contributed by atoms with van der Waals surface area (Å²) in [7, 11) is -3.27. The smallest absolute Gasteiger partial charge is 0.222 e. The van der Waals surface area contributed by atoms with Crippen molar-refractivity contribution < 1.29 is 17.9 Å². The van der Waals surface area contributed by atoms with Crippen molar-refractivity contribution in [2.75, 3.05) is 30.4 Å². The average Bonchev–Trinajstić information content (AvgIpc) is 2.82. The van der Waals surface area contributed by atoms with E-state index in [1.807, 2.05) is 6.92 Å². The lowest BCUT2D eigenvalue weighted by Gasteiger charge is -2.15. The molecule has 0 aliphatic rings. The number of hydrogen-bond acceptors (Lipinski definition) is 8. The molecule has 0 radical (unpaired) electrons. The van der Waals surface area contributed by atoms with E-state index in [9.17, 15) is 8.42 Å². The summed E-state index contributed by atoms with van der Waals surface area (Å²) in [6, 6.07) is 15.1. The number of ether oxygens (including phenoxy) is 2. The van der Waals surface area contributed by atoms with Crippen LogP contribution in [0.25, 0.3) is 22.0 Å². The molecule has 4 N–H and O–H groups in total. The fraction of sp³-hybridized carbons (Fsp3) is 0.200. The van der Waals surface area contributed by atoms with Gasteiger partial charge in [-0.05, 0) is 55.0 Å². The van der Waals surface area contributed by atoms with Crippen molar-refractivity contribution in [1.82, 2.24) is 9.97 Å². The molecule has 0 bridgehead atoms. The molecule has 0 unspecified atom stereocenters. The van der Waals surface area contributed by atoms with Gasteiger partial charge in [0.1, 0.15) is 30.5 Å². The minimum atomic E-state index is -3.27. The molecule has 0 saturated heterocycles. The van der Waals surface area contributed by atoms with Gasteiger partial charge in [-0.15, -0.1) is 0 Å². The maximum atomic E-state index is 12.2. The second kappa shape index (κ2) is 10.8. The zero-order valence-electron chi connectivity index (χ0n) is 19.4. The quantitative estimate of drug-likeness (QED) is 0.266. The number of nitrogens with two attached hydrogens (primary N) is 2. The molecule has 0 amide bonds. The number of rotatable bonds is 9. The molecule has 0 fully saturated rings. The van der Waals surface area contributed by atoms with Crippen LogP contribution in [0.2, 0.25) is 10.0 Å². The molecule has 0 atom stereocenters. The van der Waals surface area contributed by atoms with E-state index in [4.69, 9.17) is 44.1 Å². The van der Waals surface area contributed by atoms with Gasteiger partial charge in [0.2, 0.25) is 5.95 Å². The Labute approximate surface area is 219 Å². The number of anilines is 2. The highest BCUT2D eigenvalue weighted by molar-refractivity contribution is 7.91. The van der Waals surface area contributed by atoms with E-state index < -0.39 is 9.84 Å². The number of hydrogen-bond donors (Lipinski definition) is 2. The van der Waals surface area contributed by atoms with Crippen molar-refractivity contribution in [1.29, 1.82) is 0 Å². The highest BCUT2D eigenvalue weighted by Gasteiger charge is 2.17. The number of sulfone groups is 1. The highest BCUT2D eigenvalue weighted by atomic mass is 35.5. The summed E-state index contributed by atoms with van der Waals surface area (Å²) in [5, 5.41) is 1.35. The molecule has 11 heteroatoms. The molecule has 8 nitrogen and oxygen atoms in total. The summed E-state index contributed by atoms with van der Waals surface area (Å²) in [6.07, 6.45) is 0.560. The third kappa shape index (κ3) is 5.59. The van der Waals surface area contributed by atoms with Gasteiger partial charge in [-0.1, -0.05) is 36.2 Å². The van der Waals surface area contributed by atoms with Crippen molar-refractivity contribution in [3.8, 4) is 22.6 Å².